The van der Waals surface area contributed by atoms with E-state index in [1.54, 1.807) is 0 Å². The van der Waals surface area contributed by atoms with E-state index in [2.05, 4.69) is 135 Å². The monoisotopic (exact) mass is 591 g/mol. The molecule has 2 aromatic carbocycles. The molecule has 0 saturated heterocycles. The summed E-state index contributed by atoms with van der Waals surface area (Å²) in [7, 11) is 1.50. The molecule has 0 aromatic heterocycles. The van der Waals surface area contributed by atoms with E-state index in [9.17, 15) is 0 Å². The predicted octanol–water partition coefficient (Wildman–Crippen LogP) is 7.52. The fraction of sp³-hybridized carbons (Fsp3) is 0.472. The number of rotatable bonds is 12. The van der Waals surface area contributed by atoms with Gasteiger partial charge < -0.3 is 20.0 Å². The normalized spacial score (nSPS) is 10.7. The van der Waals surface area contributed by atoms with Crippen molar-refractivity contribution in [2.24, 2.45) is 5.73 Å². The Morgan fingerprint density at radius 3 is 2.02 bits per heavy atom. The van der Waals surface area contributed by atoms with E-state index < -0.39 is 0 Å². The second-order valence-electron chi connectivity index (χ2n) is 9.92. The summed E-state index contributed by atoms with van der Waals surface area (Å²) in [6.45, 7) is 20.8. The minimum atomic E-state index is 0.933. The lowest BCUT2D eigenvalue weighted by atomic mass is 9.93. The minimum absolute atomic E-state index is 0.933. The number of anilines is 1. The first-order valence-corrected chi connectivity index (χ1v) is 17.1. The Morgan fingerprint density at radius 1 is 0.786 bits per heavy atom. The highest BCUT2D eigenvalue weighted by Gasteiger charge is 2.19. The summed E-state index contributed by atoms with van der Waals surface area (Å²) in [6, 6.07) is 23.9. The highest BCUT2D eigenvalue weighted by molar-refractivity contribution is 7.98. The lowest BCUT2D eigenvalue weighted by Gasteiger charge is -2.22. The van der Waals surface area contributed by atoms with Gasteiger partial charge >= 0.3 is 0 Å². The quantitative estimate of drug-likeness (QED) is 0.105. The van der Waals surface area contributed by atoms with Crippen LogP contribution in [-0.4, -0.2) is 69.8 Å². The van der Waals surface area contributed by atoms with Crippen LogP contribution in [0, 0.1) is 0 Å². The van der Waals surface area contributed by atoms with Crippen LogP contribution < -0.4 is 20.6 Å². The number of nitrogens with zero attached hydrogens (tertiary/aromatic N) is 3. The molecule has 2 aromatic rings. The lowest BCUT2D eigenvalue weighted by Crippen LogP contribution is -2.29. The average Bonchev–Trinajstić information content (AvgIpc) is 3.04. The molecule has 42 heavy (non-hydrogen) atoms. The third-order valence-electron chi connectivity index (χ3n) is 7.73. The van der Waals surface area contributed by atoms with Gasteiger partial charge in [0.15, 0.2) is 0 Å². The Bertz CT molecular complexity index is 1340. The maximum absolute atomic E-state index is 6.51. The van der Waals surface area contributed by atoms with Crippen molar-refractivity contribution >= 4 is 28.4 Å². The summed E-state index contributed by atoms with van der Waals surface area (Å²) in [5, 5.41) is 2.36. The van der Waals surface area contributed by atoms with Crippen LogP contribution in [0.1, 0.15) is 48.0 Å². The summed E-state index contributed by atoms with van der Waals surface area (Å²) in [4.78, 5) is 4.82. The molecular weight excluding hydrogens is 536 g/mol. The standard InChI is InChI=1S/C27H31N2O.C8H19NS.CH5N/c1-5-28(6-2)21-14-16-23-25(18-21)30-26-19-22(29(7-3)8-4)15-17-24(26)27(23)20-12-10-9-11-13-20;1-4-9(5-2)7-6-8-10-3;1-2/h9-19H,5-8H2,1-4H3;4-8H2,1-3H3;2H2,1H3/q+1;;. The van der Waals surface area contributed by atoms with Gasteiger partial charge in [-0.05, 0) is 96.6 Å². The fourth-order valence-corrected chi connectivity index (χ4v) is 5.74. The summed E-state index contributed by atoms with van der Waals surface area (Å²) in [6.07, 6.45) is 3.51. The number of thioether (sulfide) groups is 1. The molecule has 0 radical (unpaired) electrons. The van der Waals surface area contributed by atoms with E-state index in [0.717, 1.165) is 48.5 Å². The van der Waals surface area contributed by atoms with Crippen LogP contribution in [0.2, 0.25) is 0 Å². The molecule has 1 aliphatic heterocycles. The first kappa shape index (κ1) is 35.4. The van der Waals surface area contributed by atoms with Gasteiger partial charge in [0.2, 0.25) is 5.36 Å². The van der Waals surface area contributed by atoms with Crippen molar-refractivity contribution in [1.29, 1.82) is 0 Å². The third-order valence-corrected chi connectivity index (χ3v) is 8.42. The van der Waals surface area contributed by atoms with Gasteiger partial charge in [0.1, 0.15) is 24.4 Å². The first-order valence-electron chi connectivity index (χ1n) is 15.7. The molecule has 0 fully saturated rings. The second-order valence-corrected chi connectivity index (χ2v) is 10.9. The van der Waals surface area contributed by atoms with E-state index in [1.807, 2.05) is 11.8 Å². The van der Waals surface area contributed by atoms with Gasteiger partial charge in [0.05, 0.1) is 6.07 Å². The molecule has 6 heteroatoms. The molecule has 230 valence electrons. The number of hydrogen-bond acceptors (Lipinski definition) is 5. The predicted molar refractivity (Wildman–Crippen MR) is 189 cm³/mol. The number of nitrogens with two attached hydrogens (primary N) is 1. The first-order chi connectivity index (χ1) is 20.5. The summed E-state index contributed by atoms with van der Waals surface area (Å²) in [5.41, 5.74) is 10.2. The summed E-state index contributed by atoms with van der Waals surface area (Å²) in [5.74, 6) is 2.23. The van der Waals surface area contributed by atoms with Gasteiger partial charge in [0.25, 0.3) is 0 Å². The molecule has 5 nitrogen and oxygen atoms in total. The SMILES string of the molecule is CCN(CC)CCCSC.CCN(CC)c1ccc2c(-c3ccccc3)c3ccc(=[N+](CC)CC)cc-3oc2c1.CN. The van der Waals surface area contributed by atoms with Gasteiger partial charge in [-0.3, -0.25) is 0 Å². The van der Waals surface area contributed by atoms with Crippen LogP contribution in [-0.2, 0) is 0 Å². The zero-order chi connectivity index (χ0) is 30.9. The van der Waals surface area contributed by atoms with E-state index in [0.29, 0.717) is 0 Å². The maximum atomic E-state index is 6.51. The molecule has 1 aliphatic carbocycles. The molecule has 1 heterocycles. The van der Waals surface area contributed by atoms with Gasteiger partial charge in [-0.1, -0.05) is 44.2 Å². The van der Waals surface area contributed by atoms with Crippen LogP contribution in [0.4, 0.5) is 5.69 Å². The van der Waals surface area contributed by atoms with Crippen LogP contribution in [0.15, 0.2) is 71.1 Å². The Morgan fingerprint density at radius 2 is 1.45 bits per heavy atom. The average molecular weight is 592 g/mol. The largest absolute Gasteiger partial charge is 0.456 e. The molecular formula is C36H55N4OS+. The van der Waals surface area contributed by atoms with E-state index in [4.69, 9.17) is 4.42 Å². The smallest absolute Gasteiger partial charge is 0.203 e. The number of benzene rings is 3. The highest BCUT2D eigenvalue weighted by atomic mass is 32.2. The van der Waals surface area contributed by atoms with Crippen molar-refractivity contribution in [2.75, 3.05) is 69.8 Å². The topological polar surface area (TPSA) is 48.7 Å². The number of hydrogen-bond donors (Lipinski definition) is 1. The Labute approximate surface area is 259 Å². The van der Waals surface area contributed by atoms with Gasteiger partial charge in [-0.25, -0.2) is 4.58 Å². The fourth-order valence-electron chi connectivity index (χ4n) is 5.33. The minimum Gasteiger partial charge on any atom is -0.456 e. The number of fused-ring (bicyclic) bond motifs is 2. The van der Waals surface area contributed by atoms with E-state index in [-0.39, 0.29) is 0 Å². The van der Waals surface area contributed by atoms with Crippen molar-refractivity contribution < 1.29 is 4.42 Å². The molecule has 0 bridgehead atoms. The van der Waals surface area contributed by atoms with Crippen LogP contribution >= 0.6 is 11.8 Å². The lowest BCUT2D eigenvalue weighted by molar-refractivity contribution is 0.305. The van der Waals surface area contributed by atoms with Crippen molar-refractivity contribution in [3.05, 3.63) is 72.1 Å². The molecule has 2 N–H and O–H groups in total. The third kappa shape index (κ3) is 9.35. The van der Waals surface area contributed by atoms with Crippen LogP contribution in [0.5, 0.6) is 0 Å². The van der Waals surface area contributed by atoms with Crippen molar-refractivity contribution in [3.63, 3.8) is 0 Å². The second kappa shape index (κ2) is 19.4. The Kier molecular flexibility index (Phi) is 16.4. The van der Waals surface area contributed by atoms with E-state index >= 15 is 0 Å². The van der Waals surface area contributed by atoms with Gasteiger partial charge in [-0.2, -0.15) is 11.8 Å². The molecule has 4 rings (SSSR count). The van der Waals surface area contributed by atoms with Crippen molar-refractivity contribution in [2.45, 2.75) is 48.0 Å². The van der Waals surface area contributed by atoms with E-state index in [1.165, 1.54) is 61.0 Å². The van der Waals surface area contributed by atoms with Crippen molar-refractivity contribution in [1.82, 2.24) is 9.48 Å². The Hall–Kier alpha value is -2.80. The molecule has 0 atom stereocenters. The van der Waals surface area contributed by atoms with Crippen LogP contribution in [0.3, 0.4) is 0 Å². The Balaban J connectivity index is 0.000000438. The zero-order valence-electron chi connectivity index (χ0n) is 27.5. The summed E-state index contributed by atoms with van der Waals surface area (Å²) < 4.78 is 8.87. The highest BCUT2D eigenvalue weighted by Crippen LogP contribution is 2.40. The van der Waals surface area contributed by atoms with Gasteiger partial charge in [-0.15, -0.1) is 0 Å². The van der Waals surface area contributed by atoms with Gasteiger partial charge in [0, 0.05) is 47.4 Å². The molecule has 2 aliphatic rings. The molecule has 0 spiro atoms. The maximum Gasteiger partial charge on any atom is 0.203 e. The summed E-state index contributed by atoms with van der Waals surface area (Å²) >= 11 is 1.94. The zero-order valence-corrected chi connectivity index (χ0v) is 28.3. The molecule has 0 saturated carbocycles. The van der Waals surface area contributed by atoms with Crippen LogP contribution in [0.25, 0.3) is 33.4 Å². The van der Waals surface area contributed by atoms with Crippen molar-refractivity contribution in [3.8, 4) is 22.5 Å². The molecule has 0 amide bonds. The molecule has 0 unspecified atom stereocenters.